The smallest absolute Gasteiger partial charge is 0.247 e. The highest BCUT2D eigenvalue weighted by molar-refractivity contribution is 6.06. The van der Waals surface area contributed by atoms with Crippen LogP contribution in [0.5, 0.6) is 5.75 Å². The molecule has 1 unspecified atom stereocenters. The summed E-state index contributed by atoms with van der Waals surface area (Å²) in [6.45, 7) is 0.324. The molecule has 0 radical (unpaired) electrons. The first kappa shape index (κ1) is 11.9. The molecule has 98 valence electrons. The van der Waals surface area contributed by atoms with Crippen LogP contribution in [0.2, 0.25) is 0 Å². The number of hydrogen-bond acceptors (Lipinski definition) is 4. The van der Waals surface area contributed by atoms with Gasteiger partial charge in [-0.15, -0.1) is 0 Å². The minimum atomic E-state index is -0.337. The molecule has 5 heteroatoms. The molecule has 1 N–H and O–H groups in total. The van der Waals surface area contributed by atoms with E-state index in [0.29, 0.717) is 12.4 Å². The van der Waals surface area contributed by atoms with Crippen molar-refractivity contribution >= 4 is 22.5 Å². The highest BCUT2D eigenvalue weighted by Crippen LogP contribution is 2.36. The minimum Gasteiger partial charge on any atom is -0.489 e. The molecular weight excluding hydrogens is 242 g/mol. The first-order valence-corrected chi connectivity index (χ1v) is 6.17. The van der Waals surface area contributed by atoms with Gasteiger partial charge in [-0.3, -0.25) is 9.78 Å². The molecule has 2 aromatic rings. The number of likely N-dealkylation sites (N-methyl/N-ethyl adjacent to an activating group) is 2. The van der Waals surface area contributed by atoms with Gasteiger partial charge in [-0.05, 0) is 25.2 Å². The van der Waals surface area contributed by atoms with E-state index in [1.807, 2.05) is 24.3 Å². The fourth-order valence-electron chi connectivity index (χ4n) is 2.35. The second-order valence-corrected chi connectivity index (χ2v) is 4.54. The summed E-state index contributed by atoms with van der Waals surface area (Å²) in [5.74, 6) is 0.680. The van der Waals surface area contributed by atoms with Crippen LogP contribution in [0.25, 0.3) is 10.9 Å². The number of aromatic nitrogens is 1. The van der Waals surface area contributed by atoms with Gasteiger partial charge in [-0.2, -0.15) is 0 Å². The summed E-state index contributed by atoms with van der Waals surface area (Å²) in [7, 11) is 3.51. The lowest BCUT2D eigenvalue weighted by molar-refractivity contribution is -0.120. The van der Waals surface area contributed by atoms with Crippen molar-refractivity contribution in [2.24, 2.45) is 0 Å². The predicted octanol–water partition coefficient (Wildman–Crippen LogP) is 1.18. The Bertz CT molecular complexity index is 642. The van der Waals surface area contributed by atoms with E-state index < -0.39 is 0 Å². The van der Waals surface area contributed by atoms with E-state index in [9.17, 15) is 4.79 Å². The first-order chi connectivity index (χ1) is 9.22. The second kappa shape index (κ2) is 4.51. The normalized spacial score (nSPS) is 18.9. The van der Waals surface area contributed by atoms with E-state index in [-0.39, 0.29) is 11.9 Å². The fraction of sp³-hybridized carbons (Fsp3) is 0.286. The molecule has 0 saturated heterocycles. The molecular formula is C14H15N3O2. The number of fused-ring (bicyclic) bond motifs is 3. The van der Waals surface area contributed by atoms with E-state index >= 15 is 0 Å². The monoisotopic (exact) mass is 257 g/mol. The van der Waals surface area contributed by atoms with Crippen molar-refractivity contribution in [1.82, 2.24) is 10.3 Å². The van der Waals surface area contributed by atoms with Gasteiger partial charge in [0.15, 0.2) is 0 Å². The summed E-state index contributed by atoms with van der Waals surface area (Å²) in [5, 5.41) is 3.96. The van der Waals surface area contributed by atoms with Crippen LogP contribution in [0.4, 0.5) is 5.69 Å². The molecule has 1 aromatic heterocycles. The Morgan fingerprint density at radius 3 is 3.05 bits per heavy atom. The third-order valence-corrected chi connectivity index (χ3v) is 3.43. The molecule has 19 heavy (non-hydrogen) atoms. The predicted molar refractivity (Wildman–Crippen MR) is 73.5 cm³/mol. The number of ether oxygens (including phenoxy) is 1. The maximum Gasteiger partial charge on any atom is 0.247 e. The number of anilines is 1. The van der Waals surface area contributed by atoms with Gasteiger partial charge in [0.05, 0.1) is 5.52 Å². The van der Waals surface area contributed by atoms with Gasteiger partial charge in [-0.25, -0.2) is 0 Å². The van der Waals surface area contributed by atoms with Gasteiger partial charge >= 0.3 is 0 Å². The molecule has 1 amide bonds. The number of hydrogen-bond donors (Lipinski definition) is 1. The number of rotatable bonds is 1. The van der Waals surface area contributed by atoms with Gasteiger partial charge < -0.3 is 15.0 Å². The molecule has 1 atom stereocenters. The van der Waals surface area contributed by atoms with Crippen molar-refractivity contribution < 1.29 is 9.53 Å². The maximum atomic E-state index is 12.3. The lowest BCUT2D eigenvalue weighted by Crippen LogP contribution is -2.45. The lowest BCUT2D eigenvalue weighted by Gasteiger charge is -2.20. The van der Waals surface area contributed by atoms with Crippen molar-refractivity contribution in [3.63, 3.8) is 0 Å². The Kier molecular flexibility index (Phi) is 2.83. The zero-order chi connectivity index (χ0) is 13.4. The average Bonchev–Trinajstić information content (AvgIpc) is 2.57. The number of nitrogens with one attached hydrogen (secondary N) is 1. The number of carbonyl (C=O) groups excluding carboxylic acids is 1. The van der Waals surface area contributed by atoms with Crippen LogP contribution >= 0.6 is 0 Å². The van der Waals surface area contributed by atoms with E-state index in [1.165, 1.54) is 0 Å². The molecule has 5 nitrogen and oxygen atoms in total. The summed E-state index contributed by atoms with van der Waals surface area (Å²) >= 11 is 0. The van der Waals surface area contributed by atoms with Crippen LogP contribution < -0.4 is 15.0 Å². The lowest BCUT2D eigenvalue weighted by atomic mass is 10.1. The van der Waals surface area contributed by atoms with Gasteiger partial charge in [0.25, 0.3) is 0 Å². The molecule has 1 aliphatic heterocycles. The first-order valence-electron chi connectivity index (χ1n) is 6.17. The Balaban J connectivity index is 2.22. The molecule has 1 aromatic carbocycles. The number of pyridine rings is 1. The van der Waals surface area contributed by atoms with Crippen molar-refractivity contribution in [3.8, 4) is 5.75 Å². The standard InChI is InChI=1S/C14H15N3O2/c1-15-10-8-19-11-6-5-9-4-3-7-16-12(9)13(11)17(2)14(10)18/h3-7,10,15H,8H2,1-2H3. The van der Waals surface area contributed by atoms with Gasteiger partial charge in [-0.1, -0.05) is 6.07 Å². The van der Waals surface area contributed by atoms with Crippen molar-refractivity contribution in [2.45, 2.75) is 6.04 Å². The molecule has 0 saturated carbocycles. The molecule has 0 aliphatic carbocycles. The maximum absolute atomic E-state index is 12.3. The molecule has 0 spiro atoms. The summed E-state index contributed by atoms with van der Waals surface area (Å²) in [6.07, 6.45) is 1.72. The molecule has 0 bridgehead atoms. The van der Waals surface area contributed by atoms with Gasteiger partial charge in [0.2, 0.25) is 5.91 Å². The van der Waals surface area contributed by atoms with Crippen molar-refractivity contribution in [2.75, 3.05) is 25.6 Å². The zero-order valence-electron chi connectivity index (χ0n) is 10.9. The number of amides is 1. The van der Waals surface area contributed by atoms with E-state index in [1.54, 1.807) is 25.2 Å². The minimum absolute atomic E-state index is 0.0144. The molecule has 0 fully saturated rings. The summed E-state index contributed by atoms with van der Waals surface area (Å²) in [4.78, 5) is 18.3. The quantitative estimate of drug-likeness (QED) is 0.833. The third-order valence-electron chi connectivity index (χ3n) is 3.43. The zero-order valence-corrected chi connectivity index (χ0v) is 10.9. The van der Waals surface area contributed by atoms with Crippen molar-refractivity contribution in [1.29, 1.82) is 0 Å². The highest BCUT2D eigenvalue weighted by Gasteiger charge is 2.29. The van der Waals surface area contributed by atoms with Crippen LogP contribution in [0.1, 0.15) is 0 Å². The van der Waals surface area contributed by atoms with Gasteiger partial charge in [0, 0.05) is 18.6 Å². The highest BCUT2D eigenvalue weighted by atomic mass is 16.5. The Hall–Kier alpha value is -2.14. The topological polar surface area (TPSA) is 54.5 Å². The van der Waals surface area contributed by atoms with Crippen molar-refractivity contribution in [3.05, 3.63) is 30.5 Å². The largest absolute Gasteiger partial charge is 0.489 e. The number of carbonyl (C=O) groups is 1. The van der Waals surface area contributed by atoms with E-state index in [4.69, 9.17) is 4.74 Å². The van der Waals surface area contributed by atoms with E-state index in [2.05, 4.69) is 10.3 Å². The molecule has 1 aliphatic rings. The average molecular weight is 257 g/mol. The third kappa shape index (κ3) is 1.82. The number of nitrogens with zero attached hydrogens (tertiary/aromatic N) is 2. The van der Waals surface area contributed by atoms with E-state index in [0.717, 1.165) is 16.6 Å². The molecule has 2 heterocycles. The van der Waals surface area contributed by atoms with Gasteiger partial charge in [0.1, 0.15) is 24.1 Å². The van der Waals surface area contributed by atoms with Crippen LogP contribution in [-0.4, -0.2) is 37.6 Å². The van der Waals surface area contributed by atoms with Crippen LogP contribution in [0.15, 0.2) is 30.5 Å². The SMILES string of the molecule is CNC1COc2ccc3cccnc3c2N(C)C1=O. The van der Waals surface area contributed by atoms with Crippen LogP contribution in [0.3, 0.4) is 0 Å². The number of benzene rings is 1. The summed E-state index contributed by atoms with van der Waals surface area (Å²) in [6, 6.07) is 7.36. The van der Waals surface area contributed by atoms with Crippen LogP contribution in [-0.2, 0) is 4.79 Å². The van der Waals surface area contributed by atoms with Crippen LogP contribution in [0, 0.1) is 0 Å². The summed E-state index contributed by atoms with van der Waals surface area (Å²) in [5.41, 5.74) is 1.52. The Labute approximate surface area is 111 Å². The molecule has 3 rings (SSSR count). The summed E-state index contributed by atoms with van der Waals surface area (Å²) < 4.78 is 5.74. The second-order valence-electron chi connectivity index (χ2n) is 4.54. The Morgan fingerprint density at radius 2 is 2.26 bits per heavy atom. The Morgan fingerprint density at radius 1 is 1.42 bits per heavy atom. The fourth-order valence-corrected chi connectivity index (χ4v) is 2.35.